The molecule has 1 N–H and O–H groups in total. The monoisotopic (exact) mass is 235 g/mol. The fraction of sp³-hybridized carbons (Fsp3) is 0.500. The van der Waals surface area contributed by atoms with Gasteiger partial charge in [-0.3, -0.25) is 4.79 Å². The molecule has 17 heavy (non-hydrogen) atoms. The molecule has 0 unspecified atom stereocenters. The molecule has 1 amide bonds. The molecule has 0 fully saturated rings. The van der Waals surface area contributed by atoms with E-state index in [1.807, 2.05) is 30.3 Å². The van der Waals surface area contributed by atoms with Gasteiger partial charge in [0.15, 0.2) is 0 Å². The molecule has 0 saturated heterocycles. The number of rotatable bonds is 7. The van der Waals surface area contributed by atoms with Crippen LogP contribution in [0.4, 0.5) is 0 Å². The molecule has 0 aromatic heterocycles. The van der Waals surface area contributed by atoms with E-state index in [4.69, 9.17) is 4.74 Å². The summed E-state index contributed by atoms with van der Waals surface area (Å²) in [5.41, 5.74) is 0. The predicted octanol–water partition coefficient (Wildman–Crippen LogP) is 2.62. The standard InChI is InChI=1S/C14H21NO2/c1-12(2)8-9-14(16)15-10-11-17-13-6-4-3-5-7-13/h3-7,12H,8-11H2,1-2H3,(H,15,16). The molecule has 0 heterocycles. The maximum Gasteiger partial charge on any atom is 0.220 e. The van der Waals surface area contributed by atoms with Gasteiger partial charge in [0, 0.05) is 6.42 Å². The van der Waals surface area contributed by atoms with Crippen LogP contribution in [-0.4, -0.2) is 19.1 Å². The average Bonchev–Trinajstić information content (AvgIpc) is 2.33. The van der Waals surface area contributed by atoms with Crippen LogP contribution in [0.25, 0.3) is 0 Å². The van der Waals surface area contributed by atoms with Gasteiger partial charge in [-0.2, -0.15) is 0 Å². The second kappa shape index (κ2) is 7.71. The molecule has 1 aromatic rings. The third kappa shape index (κ3) is 6.61. The first kappa shape index (κ1) is 13.6. The summed E-state index contributed by atoms with van der Waals surface area (Å²) in [5.74, 6) is 1.51. The minimum atomic E-state index is 0.107. The van der Waals surface area contributed by atoms with Crippen LogP contribution in [0.5, 0.6) is 5.75 Å². The van der Waals surface area contributed by atoms with E-state index >= 15 is 0 Å². The first-order valence-corrected chi connectivity index (χ1v) is 6.13. The second-order valence-electron chi connectivity index (χ2n) is 4.44. The third-order valence-corrected chi connectivity index (χ3v) is 2.38. The van der Waals surface area contributed by atoms with Crippen molar-refractivity contribution >= 4 is 5.91 Å². The summed E-state index contributed by atoms with van der Waals surface area (Å²) < 4.78 is 5.47. The van der Waals surface area contributed by atoms with Gasteiger partial charge in [-0.25, -0.2) is 0 Å². The summed E-state index contributed by atoms with van der Waals surface area (Å²) in [6, 6.07) is 9.61. The van der Waals surface area contributed by atoms with Crippen molar-refractivity contribution in [3.8, 4) is 5.75 Å². The van der Waals surface area contributed by atoms with Crippen molar-refractivity contribution in [2.45, 2.75) is 26.7 Å². The lowest BCUT2D eigenvalue weighted by molar-refractivity contribution is -0.121. The minimum Gasteiger partial charge on any atom is -0.492 e. The number of carbonyl (C=O) groups excluding carboxylic acids is 1. The summed E-state index contributed by atoms with van der Waals surface area (Å²) in [7, 11) is 0. The first-order valence-electron chi connectivity index (χ1n) is 6.13. The van der Waals surface area contributed by atoms with Gasteiger partial charge in [0.2, 0.25) is 5.91 Å². The summed E-state index contributed by atoms with van der Waals surface area (Å²) in [6.45, 7) is 5.31. The van der Waals surface area contributed by atoms with Crippen LogP contribution >= 0.6 is 0 Å². The van der Waals surface area contributed by atoms with Gasteiger partial charge in [-0.1, -0.05) is 32.0 Å². The van der Waals surface area contributed by atoms with Gasteiger partial charge in [0.25, 0.3) is 0 Å². The van der Waals surface area contributed by atoms with Crippen LogP contribution in [0.3, 0.4) is 0 Å². The van der Waals surface area contributed by atoms with E-state index < -0.39 is 0 Å². The van der Waals surface area contributed by atoms with Crippen molar-refractivity contribution in [3.05, 3.63) is 30.3 Å². The molecule has 0 bridgehead atoms. The molecule has 1 rings (SSSR count). The van der Waals surface area contributed by atoms with Crippen molar-refractivity contribution in [2.75, 3.05) is 13.2 Å². The highest BCUT2D eigenvalue weighted by Gasteiger charge is 2.02. The smallest absolute Gasteiger partial charge is 0.220 e. The van der Waals surface area contributed by atoms with E-state index in [2.05, 4.69) is 19.2 Å². The summed E-state index contributed by atoms with van der Waals surface area (Å²) in [5, 5.41) is 2.84. The Morgan fingerprint density at radius 3 is 2.65 bits per heavy atom. The zero-order valence-corrected chi connectivity index (χ0v) is 10.6. The average molecular weight is 235 g/mol. The highest BCUT2D eigenvalue weighted by Crippen LogP contribution is 2.07. The normalized spacial score (nSPS) is 10.3. The molecule has 0 saturated carbocycles. The number of hydrogen-bond acceptors (Lipinski definition) is 2. The molecule has 0 aliphatic heterocycles. The Kier molecular flexibility index (Phi) is 6.15. The van der Waals surface area contributed by atoms with E-state index in [1.165, 1.54) is 0 Å². The maximum absolute atomic E-state index is 11.4. The lowest BCUT2D eigenvalue weighted by Crippen LogP contribution is -2.28. The molecule has 94 valence electrons. The van der Waals surface area contributed by atoms with Crippen molar-refractivity contribution < 1.29 is 9.53 Å². The largest absolute Gasteiger partial charge is 0.492 e. The molecule has 0 spiro atoms. The van der Waals surface area contributed by atoms with Crippen molar-refractivity contribution in [3.63, 3.8) is 0 Å². The first-order chi connectivity index (χ1) is 8.18. The van der Waals surface area contributed by atoms with E-state index in [0.29, 0.717) is 25.5 Å². The minimum absolute atomic E-state index is 0.107. The van der Waals surface area contributed by atoms with Crippen LogP contribution in [-0.2, 0) is 4.79 Å². The molecule has 0 radical (unpaired) electrons. The zero-order valence-electron chi connectivity index (χ0n) is 10.6. The Morgan fingerprint density at radius 1 is 1.29 bits per heavy atom. The van der Waals surface area contributed by atoms with Crippen LogP contribution in [0.15, 0.2) is 30.3 Å². The molecule has 0 aliphatic carbocycles. The third-order valence-electron chi connectivity index (χ3n) is 2.38. The fourth-order valence-electron chi connectivity index (χ4n) is 1.38. The van der Waals surface area contributed by atoms with Crippen molar-refractivity contribution in [2.24, 2.45) is 5.92 Å². The predicted molar refractivity (Wildman–Crippen MR) is 69.0 cm³/mol. The van der Waals surface area contributed by atoms with Gasteiger partial charge in [-0.05, 0) is 24.5 Å². The van der Waals surface area contributed by atoms with E-state index in [0.717, 1.165) is 12.2 Å². The number of hydrogen-bond donors (Lipinski definition) is 1. The lowest BCUT2D eigenvalue weighted by Gasteiger charge is -2.08. The topological polar surface area (TPSA) is 38.3 Å². The molecule has 3 heteroatoms. The number of ether oxygens (including phenoxy) is 1. The zero-order chi connectivity index (χ0) is 12.5. The SMILES string of the molecule is CC(C)CCC(=O)NCCOc1ccccc1. The van der Waals surface area contributed by atoms with Gasteiger partial charge in [0.1, 0.15) is 12.4 Å². The highest BCUT2D eigenvalue weighted by molar-refractivity contribution is 5.75. The number of benzene rings is 1. The van der Waals surface area contributed by atoms with E-state index in [1.54, 1.807) is 0 Å². The number of carbonyl (C=O) groups is 1. The van der Waals surface area contributed by atoms with Crippen LogP contribution in [0.1, 0.15) is 26.7 Å². The van der Waals surface area contributed by atoms with Gasteiger partial charge in [0.05, 0.1) is 6.54 Å². The Labute approximate surface area is 103 Å². The molecule has 0 aliphatic rings. The Morgan fingerprint density at radius 2 is 2.00 bits per heavy atom. The summed E-state index contributed by atoms with van der Waals surface area (Å²) >= 11 is 0. The Balaban J connectivity index is 2.06. The molecule has 3 nitrogen and oxygen atoms in total. The fourth-order valence-corrected chi connectivity index (χ4v) is 1.38. The van der Waals surface area contributed by atoms with Crippen LogP contribution < -0.4 is 10.1 Å². The lowest BCUT2D eigenvalue weighted by atomic mass is 10.1. The quantitative estimate of drug-likeness (QED) is 0.738. The second-order valence-corrected chi connectivity index (χ2v) is 4.44. The van der Waals surface area contributed by atoms with E-state index in [-0.39, 0.29) is 5.91 Å². The number of nitrogens with one attached hydrogen (secondary N) is 1. The number of para-hydroxylation sites is 1. The van der Waals surface area contributed by atoms with Gasteiger partial charge >= 0.3 is 0 Å². The van der Waals surface area contributed by atoms with Crippen molar-refractivity contribution in [1.82, 2.24) is 5.32 Å². The summed E-state index contributed by atoms with van der Waals surface area (Å²) in [6.07, 6.45) is 1.54. The van der Waals surface area contributed by atoms with Gasteiger partial charge < -0.3 is 10.1 Å². The Hall–Kier alpha value is -1.51. The molecular formula is C14H21NO2. The molecular weight excluding hydrogens is 214 g/mol. The molecule has 1 aromatic carbocycles. The van der Waals surface area contributed by atoms with Crippen molar-refractivity contribution in [1.29, 1.82) is 0 Å². The number of amides is 1. The van der Waals surface area contributed by atoms with Crippen LogP contribution in [0.2, 0.25) is 0 Å². The summed E-state index contributed by atoms with van der Waals surface area (Å²) in [4.78, 5) is 11.4. The van der Waals surface area contributed by atoms with Crippen LogP contribution in [0, 0.1) is 5.92 Å². The highest BCUT2D eigenvalue weighted by atomic mass is 16.5. The maximum atomic E-state index is 11.4. The van der Waals surface area contributed by atoms with Gasteiger partial charge in [-0.15, -0.1) is 0 Å². The van der Waals surface area contributed by atoms with E-state index in [9.17, 15) is 4.79 Å². The molecule has 0 atom stereocenters. The Bertz CT molecular complexity index is 322.